The minimum atomic E-state index is 0.331. The van der Waals surface area contributed by atoms with E-state index in [2.05, 4.69) is 60.3 Å². The summed E-state index contributed by atoms with van der Waals surface area (Å²) in [6.07, 6.45) is 0. The van der Waals surface area contributed by atoms with E-state index >= 15 is 0 Å². The van der Waals surface area contributed by atoms with E-state index in [1.807, 2.05) is 0 Å². The van der Waals surface area contributed by atoms with Gasteiger partial charge in [0.1, 0.15) is 0 Å². The molecular weight excluding hydrogens is 214 g/mol. The lowest BCUT2D eigenvalue weighted by Gasteiger charge is -2.18. The molecule has 1 aromatic carbocycles. The van der Waals surface area contributed by atoms with Crippen molar-refractivity contribution in [2.24, 2.45) is 0 Å². The first-order valence-electron chi connectivity index (χ1n) is 5.64. The van der Waals surface area contributed by atoms with Gasteiger partial charge in [-0.05, 0) is 40.9 Å². The van der Waals surface area contributed by atoms with E-state index in [4.69, 9.17) is 0 Å². The standard InChI is InChI=1S/C14H17NS/c1-3-15-14(12-7-5-4-6-8-12)13-10-16-9-11(13)2/h4-10,14-15H,3H2,1-2H3. The molecule has 0 radical (unpaired) electrons. The predicted molar refractivity (Wildman–Crippen MR) is 71.0 cm³/mol. The first kappa shape index (κ1) is 11.4. The summed E-state index contributed by atoms with van der Waals surface area (Å²) >= 11 is 1.78. The van der Waals surface area contributed by atoms with Crippen LogP contribution in [0.5, 0.6) is 0 Å². The molecule has 0 amide bonds. The normalized spacial score (nSPS) is 12.6. The fraction of sp³-hybridized carbons (Fsp3) is 0.286. The van der Waals surface area contributed by atoms with Crippen molar-refractivity contribution >= 4 is 11.3 Å². The number of nitrogens with one attached hydrogen (secondary N) is 1. The summed E-state index contributed by atoms with van der Waals surface area (Å²) in [5.41, 5.74) is 4.11. The van der Waals surface area contributed by atoms with Crippen LogP contribution in [0.15, 0.2) is 41.1 Å². The molecule has 2 rings (SSSR count). The maximum absolute atomic E-state index is 3.55. The zero-order valence-electron chi connectivity index (χ0n) is 9.73. The fourth-order valence-electron chi connectivity index (χ4n) is 1.92. The number of rotatable bonds is 4. The number of thiophene rings is 1. The quantitative estimate of drug-likeness (QED) is 0.845. The minimum Gasteiger partial charge on any atom is -0.306 e. The molecule has 0 saturated carbocycles. The predicted octanol–water partition coefficient (Wildman–Crippen LogP) is 3.76. The second-order valence-electron chi connectivity index (χ2n) is 3.91. The SMILES string of the molecule is CCNC(c1ccccc1)c1cscc1C. The highest BCUT2D eigenvalue weighted by atomic mass is 32.1. The van der Waals surface area contributed by atoms with Gasteiger partial charge in [-0.15, -0.1) is 0 Å². The minimum absolute atomic E-state index is 0.331. The molecule has 2 aromatic rings. The van der Waals surface area contributed by atoms with Crippen molar-refractivity contribution in [3.05, 3.63) is 57.8 Å². The smallest absolute Gasteiger partial charge is 0.0587 e. The van der Waals surface area contributed by atoms with E-state index in [-0.39, 0.29) is 0 Å². The summed E-state index contributed by atoms with van der Waals surface area (Å²) in [4.78, 5) is 0. The number of hydrogen-bond donors (Lipinski definition) is 1. The summed E-state index contributed by atoms with van der Waals surface area (Å²) < 4.78 is 0. The Morgan fingerprint density at radius 2 is 1.94 bits per heavy atom. The maximum Gasteiger partial charge on any atom is 0.0587 e. The Hall–Kier alpha value is -1.12. The molecule has 84 valence electrons. The van der Waals surface area contributed by atoms with Gasteiger partial charge in [-0.25, -0.2) is 0 Å². The molecule has 0 aliphatic carbocycles. The Bertz CT molecular complexity index is 433. The fourth-order valence-corrected chi connectivity index (χ4v) is 2.80. The molecule has 2 heteroatoms. The highest BCUT2D eigenvalue weighted by Crippen LogP contribution is 2.27. The van der Waals surface area contributed by atoms with Crippen LogP contribution in [-0.4, -0.2) is 6.54 Å². The average Bonchev–Trinajstić information content (AvgIpc) is 2.73. The van der Waals surface area contributed by atoms with Crippen molar-refractivity contribution in [2.75, 3.05) is 6.54 Å². The van der Waals surface area contributed by atoms with Crippen LogP contribution in [0, 0.1) is 6.92 Å². The highest BCUT2D eigenvalue weighted by molar-refractivity contribution is 7.08. The van der Waals surface area contributed by atoms with Crippen LogP contribution in [0.4, 0.5) is 0 Å². The third-order valence-electron chi connectivity index (χ3n) is 2.75. The maximum atomic E-state index is 3.55. The van der Waals surface area contributed by atoms with E-state index in [0.29, 0.717) is 6.04 Å². The molecule has 16 heavy (non-hydrogen) atoms. The van der Waals surface area contributed by atoms with Crippen molar-refractivity contribution in [1.82, 2.24) is 5.32 Å². The van der Waals surface area contributed by atoms with Gasteiger partial charge in [0.05, 0.1) is 6.04 Å². The molecular formula is C14H17NS. The van der Waals surface area contributed by atoms with Gasteiger partial charge in [0.2, 0.25) is 0 Å². The largest absolute Gasteiger partial charge is 0.306 e. The monoisotopic (exact) mass is 231 g/mol. The number of benzene rings is 1. The van der Waals surface area contributed by atoms with Gasteiger partial charge in [0.15, 0.2) is 0 Å². The molecule has 1 unspecified atom stereocenters. The van der Waals surface area contributed by atoms with E-state index in [1.54, 1.807) is 11.3 Å². The van der Waals surface area contributed by atoms with Crippen LogP contribution < -0.4 is 5.32 Å². The third-order valence-corrected chi connectivity index (χ3v) is 3.63. The third kappa shape index (κ3) is 2.34. The molecule has 0 spiro atoms. The molecule has 1 nitrogen and oxygen atoms in total. The van der Waals surface area contributed by atoms with Gasteiger partial charge < -0.3 is 5.32 Å². The van der Waals surface area contributed by atoms with Gasteiger partial charge in [-0.1, -0.05) is 37.3 Å². The lowest BCUT2D eigenvalue weighted by Crippen LogP contribution is -2.22. The molecule has 0 bridgehead atoms. The van der Waals surface area contributed by atoms with E-state index in [9.17, 15) is 0 Å². The summed E-state index contributed by atoms with van der Waals surface area (Å²) in [5, 5.41) is 8.01. The highest BCUT2D eigenvalue weighted by Gasteiger charge is 2.14. The zero-order valence-corrected chi connectivity index (χ0v) is 10.6. The van der Waals surface area contributed by atoms with Crippen LogP contribution in [0.3, 0.4) is 0 Å². The van der Waals surface area contributed by atoms with Crippen molar-refractivity contribution < 1.29 is 0 Å². The molecule has 1 aromatic heterocycles. The Kier molecular flexibility index (Phi) is 3.75. The van der Waals surface area contributed by atoms with E-state index < -0.39 is 0 Å². The number of aryl methyl sites for hydroxylation is 1. The van der Waals surface area contributed by atoms with Gasteiger partial charge in [0, 0.05) is 0 Å². The van der Waals surface area contributed by atoms with Crippen molar-refractivity contribution in [3.8, 4) is 0 Å². The van der Waals surface area contributed by atoms with Crippen LogP contribution >= 0.6 is 11.3 Å². The van der Waals surface area contributed by atoms with Gasteiger partial charge in [-0.2, -0.15) is 11.3 Å². The zero-order chi connectivity index (χ0) is 11.4. The van der Waals surface area contributed by atoms with Gasteiger partial charge in [0.25, 0.3) is 0 Å². The summed E-state index contributed by atoms with van der Waals surface area (Å²) in [6.45, 7) is 5.31. The Morgan fingerprint density at radius 1 is 1.19 bits per heavy atom. The first-order valence-corrected chi connectivity index (χ1v) is 6.58. The molecule has 1 heterocycles. The lowest BCUT2D eigenvalue weighted by atomic mass is 9.98. The Balaban J connectivity index is 2.35. The number of hydrogen-bond acceptors (Lipinski definition) is 2. The Labute approximate surface area is 101 Å². The molecule has 0 saturated heterocycles. The molecule has 1 N–H and O–H groups in total. The van der Waals surface area contributed by atoms with Gasteiger partial charge in [-0.3, -0.25) is 0 Å². The van der Waals surface area contributed by atoms with E-state index in [0.717, 1.165) is 6.54 Å². The van der Waals surface area contributed by atoms with Crippen LogP contribution in [-0.2, 0) is 0 Å². The molecule has 0 aliphatic heterocycles. The summed E-state index contributed by atoms with van der Waals surface area (Å²) in [5.74, 6) is 0. The van der Waals surface area contributed by atoms with E-state index in [1.165, 1.54) is 16.7 Å². The van der Waals surface area contributed by atoms with Crippen molar-refractivity contribution in [3.63, 3.8) is 0 Å². The second kappa shape index (κ2) is 5.28. The molecule has 0 aliphatic rings. The molecule has 1 atom stereocenters. The van der Waals surface area contributed by atoms with Crippen LogP contribution in [0.2, 0.25) is 0 Å². The summed E-state index contributed by atoms with van der Waals surface area (Å²) in [6, 6.07) is 11.0. The molecule has 0 fully saturated rings. The van der Waals surface area contributed by atoms with Crippen molar-refractivity contribution in [1.29, 1.82) is 0 Å². The topological polar surface area (TPSA) is 12.0 Å². The average molecular weight is 231 g/mol. The van der Waals surface area contributed by atoms with Crippen LogP contribution in [0.25, 0.3) is 0 Å². The second-order valence-corrected chi connectivity index (χ2v) is 4.66. The lowest BCUT2D eigenvalue weighted by molar-refractivity contribution is 0.630. The Morgan fingerprint density at radius 3 is 2.50 bits per heavy atom. The van der Waals surface area contributed by atoms with Crippen molar-refractivity contribution in [2.45, 2.75) is 19.9 Å². The summed E-state index contributed by atoms with van der Waals surface area (Å²) in [7, 11) is 0. The first-order chi connectivity index (χ1) is 7.83. The van der Waals surface area contributed by atoms with Gasteiger partial charge >= 0.3 is 0 Å². The van der Waals surface area contributed by atoms with Crippen LogP contribution in [0.1, 0.15) is 29.7 Å².